The summed E-state index contributed by atoms with van der Waals surface area (Å²) in [5, 5.41) is 12.2. The first-order valence-corrected chi connectivity index (χ1v) is 10.8. The van der Waals surface area contributed by atoms with Crippen LogP contribution >= 0.6 is 0 Å². The summed E-state index contributed by atoms with van der Waals surface area (Å²) < 4.78 is 13.6. The monoisotopic (exact) mass is 454 g/mol. The SMILES string of the molecule is Cc1cc(-c2cccc(C(=O)NC(CC(=O)O)c3ccc(-c4ccccc4)cc3)n2)ccc1F. The number of nitrogens with zero attached hydrogens (tertiary/aromatic N) is 1. The minimum atomic E-state index is -1.03. The smallest absolute Gasteiger partial charge is 0.305 e. The molecular formula is C28H23FN2O3. The Balaban J connectivity index is 1.56. The third-order valence-electron chi connectivity index (χ3n) is 5.54. The molecule has 0 aliphatic heterocycles. The Morgan fingerprint density at radius 3 is 2.24 bits per heavy atom. The van der Waals surface area contributed by atoms with Crippen molar-refractivity contribution in [3.05, 3.63) is 114 Å². The van der Waals surface area contributed by atoms with Gasteiger partial charge in [0.1, 0.15) is 11.5 Å². The van der Waals surface area contributed by atoms with Crippen LogP contribution in [0.15, 0.2) is 91.0 Å². The second-order valence-electron chi connectivity index (χ2n) is 7.98. The van der Waals surface area contributed by atoms with E-state index in [9.17, 15) is 19.1 Å². The maximum Gasteiger partial charge on any atom is 0.305 e. The molecule has 4 rings (SSSR count). The summed E-state index contributed by atoms with van der Waals surface area (Å²) >= 11 is 0. The topological polar surface area (TPSA) is 79.3 Å². The summed E-state index contributed by atoms with van der Waals surface area (Å²) in [7, 11) is 0. The second-order valence-corrected chi connectivity index (χ2v) is 7.98. The number of carbonyl (C=O) groups excluding carboxylic acids is 1. The number of carbonyl (C=O) groups is 2. The molecular weight excluding hydrogens is 431 g/mol. The summed E-state index contributed by atoms with van der Waals surface area (Å²) in [5.41, 5.74) is 4.56. The van der Waals surface area contributed by atoms with Crippen LogP contribution in [0.3, 0.4) is 0 Å². The van der Waals surface area contributed by atoms with Crippen molar-refractivity contribution in [1.29, 1.82) is 0 Å². The molecule has 1 aromatic heterocycles. The van der Waals surface area contributed by atoms with E-state index in [-0.39, 0.29) is 17.9 Å². The molecule has 1 unspecified atom stereocenters. The van der Waals surface area contributed by atoms with Gasteiger partial charge in [0.2, 0.25) is 0 Å². The molecule has 170 valence electrons. The van der Waals surface area contributed by atoms with E-state index in [1.54, 1.807) is 37.3 Å². The number of carboxylic acid groups (broad SMARTS) is 1. The number of aryl methyl sites for hydroxylation is 1. The molecule has 0 aliphatic carbocycles. The first-order chi connectivity index (χ1) is 16.4. The van der Waals surface area contributed by atoms with E-state index in [0.717, 1.165) is 11.1 Å². The quantitative estimate of drug-likeness (QED) is 0.369. The van der Waals surface area contributed by atoms with Gasteiger partial charge in [-0.1, -0.05) is 60.7 Å². The maximum absolute atomic E-state index is 13.6. The zero-order chi connectivity index (χ0) is 24.1. The molecule has 0 fully saturated rings. The Morgan fingerprint density at radius 2 is 1.56 bits per heavy atom. The Bertz CT molecular complexity index is 1320. The van der Waals surface area contributed by atoms with Crippen LogP contribution in [0, 0.1) is 12.7 Å². The lowest BCUT2D eigenvalue weighted by Crippen LogP contribution is -2.30. The Hall–Kier alpha value is -4.32. The predicted molar refractivity (Wildman–Crippen MR) is 129 cm³/mol. The van der Waals surface area contributed by atoms with Crippen molar-refractivity contribution in [1.82, 2.24) is 10.3 Å². The molecule has 0 saturated carbocycles. The number of aromatic nitrogens is 1. The van der Waals surface area contributed by atoms with E-state index in [1.807, 2.05) is 54.6 Å². The lowest BCUT2D eigenvalue weighted by atomic mass is 9.99. The normalized spacial score (nSPS) is 11.6. The molecule has 4 aromatic rings. The van der Waals surface area contributed by atoms with Gasteiger partial charge in [-0.25, -0.2) is 9.37 Å². The number of rotatable bonds is 7. The van der Waals surface area contributed by atoms with E-state index in [2.05, 4.69) is 10.3 Å². The Kier molecular flexibility index (Phi) is 6.78. The molecule has 0 radical (unpaired) electrons. The van der Waals surface area contributed by atoms with Crippen LogP contribution in [-0.4, -0.2) is 22.0 Å². The highest BCUT2D eigenvalue weighted by Crippen LogP contribution is 2.24. The molecule has 6 heteroatoms. The molecule has 1 heterocycles. The van der Waals surface area contributed by atoms with Crippen molar-refractivity contribution >= 4 is 11.9 Å². The fourth-order valence-corrected chi connectivity index (χ4v) is 3.72. The zero-order valence-electron chi connectivity index (χ0n) is 18.5. The van der Waals surface area contributed by atoms with Gasteiger partial charge in [0.05, 0.1) is 18.2 Å². The van der Waals surface area contributed by atoms with Crippen molar-refractivity contribution in [2.24, 2.45) is 0 Å². The number of amides is 1. The number of nitrogens with one attached hydrogen (secondary N) is 1. The Labute approximate surface area is 196 Å². The average Bonchev–Trinajstić information content (AvgIpc) is 2.86. The van der Waals surface area contributed by atoms with Gasteiger partial charge in [-0.15, -0.1) is 0 Å². The van der Waals surface area contributed by atoms with Crippen LogP contribution in [0.1, 0.15) is 34.1 Å². The maximum atomic E-state index is 13.6. The largest absolute Gasteiger partial charge is 0.481 e. The average molecular weight is 455 g/mol. The van der Waals surface area contributed by atoms with Crippen LogP contribution in [0.25, 0.3) is 22.4 Å². The first kappa shape index (κ1) is 22.9. The number of benzene rings is 3. The van der Waals surface area contributed by atoms with Gasteiger partial charge in [-0.2, -0.15) is 0 Å². The summed E-state index contributed by atoms with van der Waals surface area (Å²) in [5.74, 6) is -1.83. The fourth-order valence-electron chi connectivity index (χ4n) is 3.72. The van der Waals surface area contributed by atoms with Gasteiger partial charge in [0, 0.05) is 5.56 Å². The number of carboxylic acids is 1. The molecule has 1 atom stereocenters. The lowest BCUT2D eigenvalue weighted by Gasteiger charge is -2.18. The van der Waals surface area contributed by atoms with E-state index in [0.29, 0.717) is 22.4 Å². The zero-order valence-corrected chi connectivity index (χ0v) is 18.5. The number of aliphatic carboxylic acids is 1. The third-order valence-corrected chi connectivity index (χ3v) is 5.54. The van der Waals surface area contributed by atoms with Gasteiger partial charge in [0.15, 0.2) is 0 Å². The fraction of sp³-hybridized carbons (Fsp3) is 0.107. The van der Waals surface area contributed by atoms with Gasteiger partial charge < -0.3 is 10.4 Å². The van der Waals surface area contributed by atoms with Gasteiger partial charge in [-0.3, -0.25) is 9.59 Å². The van der Waals surface area contributed by atoms with Crippen LogP contribution in [0.4, 0.5) is 4.39 Å². The van der Waals surface area contributed by atoms with E-state index < -0.39 is 17.9 Å². The predicted octanol–water partition coefficient (Wildman–Crippen LogP) is 5.81. The number of hydrogen-bond donors (Lipinski definition) is 2. The highest BCUT2D eigenvalue weighted by atomic mass is 19.1. The Morgan fingerprint density at radius 1 is 0.882 bits per heavy atom. The standard InChI is InChI=1S/C28H23FN2O3/c1-18-16-22(14-15-23(18)29)24-8-5-9-25(30-24)28(34)31-26(17-27(32)33)21-12-10-20(11-13-21)19-6-3-2-4-7-19/h2-16,26H,17H2,1H3,(H,31,34)(H,32,33). The van der Waals surface area contributed by atoms with Crippen molar-refractivity contribution in [2.45, 2.75) is 19.4 Å². The van der Waals surface area contributed by atoms with Crippen molar-refractivity contribution in [3.63, 3.8) is 0 Å². The summed E-state index contributed by atoms with van der Waals surface area (Å²) in [6.07, 6.45) is -0.271. The van der Waals surface area contributed by atoms with Crippen molar-refractivity contribution in [3.8, 4) is 22.4 Å². The minimum Gasteiger partial charge on any atom is -0.481 e. The highest BCUT2D eigenvalue weighted by Gasteiger charge is 2.20. The van der Waals surface area contributed by atoms with Crippen LogP contribution in [0.2, 0.25) is 0 Å². The molecule has 0 bridgehead atoms. The van der Waals surface area contributed by atoms with Crippen LogP contribution in [-0.2, 0) is 4.79 Å². The van der Waals surface area contributed by atoms with Crippen molar-refractivity contribution in [2.75, 3.05) is 0 Å². The molecule has 0 spiro atoms. The molecule has 34 heavy (non-hydrogen) atoms. The number of hydrogen-bond acceptors (Lipinski definition) is 3. The van der Waals surface area contributed by atoms with Gasteiger partial charge in [0.25, 0.3) is 5.91 Å². The summed E-state index contributed by atoms with van der Waals surface area (Å²) in [6, 6.07) is 26.2. The molecule has 1 amide bonds. The number of pyridine rings is 1. The third kappa shape index (κ3) is 5.35. The van der Waals surface area contributed by atoms with Crippen LogP contribution < -0.4 is 5.32 Å². The second kappa shape index (κ2) is 10.1. The van der Waals surface area contributed by atoms with Crippen LogP contribution in [0.5, 0.6) is 0 Å². The van der Waals surface area contributed by atoms with Crippen molar-refractivity contribution < 1.29 is 19.1 Å². The van der Waals surface area contributed by atoms with E-state index >= 15 is 0 Å². The lowest BCUT2D eigenvalue weighted by molar-refractivity contribution is -0.137. The first-order valence-electron chi connectivity index (χ1n) is 10.8. The number of halogens is 1. The molecule has 2 N–H and O–H groups in total. The van der Waals surface area contributed by atoms with Gasteiger partial charge >= 0.3 is 5.97 Å². The molecule has 0 saturated heterocycles. The van der Waals surface area contributed by atoms with E-state index in [4.69, 9.17) is 0 Å². The molecule has 5 nitrogen and oxygen atoms in total. The minimum absolute atomic E-state index is 0.149. The van der Waals surface area contributed by atoms with Gasteiger partial charge in [-0.05, 0) is 59.5 Å². The molecule has 3 aromatic carbocycles. The summed E-state index contributed by atoms with van der Waals surface area (Å²) in [4.78, 5) is 28.9. The molecule has 0 aliphatic rings. The summed E-state index contributed by atoms with van der Waals surface area (Å²) in [6.45, 7) is 1.66. The van der Waals surface area contributed by atoms with E-state index in [1.165, 1.54) is 6.07 Å². The highest BCUT2D eigenvalue weighted by molar-refractivity contribution is 5.93.